The molecule has 1 N–H and O–H groups in total. The van der Waals surface area contributed by atoms with Crippen molar-refractivity contribution in [3.8, 4) is 0 Å². The lowest BCUT2D eigenvalue weighted by Gasteiger charge is -2.07. The number of aromatic nitrogens is 5. The van der Waals surface area contributed by atoms with Gasteiger partial charge >= 0.3 is 0 Å². The Hall–Kier alpha value is -2.78. The third-order valence-corrected chi connectivity index (χ3v) is 5.45. The van der Waals surface area contributed by atoms with Crippen LogP contribution >= 0.6 is 23.1 Å². The summed E-state index contributed by atoms with van der Waals surface area (Å²) in [5.74, 6) is 0.998. The van der Waals surface area contributed by atoms with E-state index in [2.05, 4.69) is 25.4 Å². The van der Waals surface area contributed by atoms with Crippen molar-refractivity contribution >= 4 is 39.9 Å². The molecule has 0 saturated heterocycles. The molecule has 0 aliphatic heterocycles. The zero-order valence-corrected chi connectivity index (χ0v) is 16.3. The van der Waals surface area contributed by atoms with Gasteiger partial charge in [-0.05, 0) is 31.5 Å². The number of amides is 1. The van der Waals surface area contributed by atoms with Crippen molar-refractivity contribution in [1.29, 1.82) is 0 Å². The van der Waals surface area contributed by atoms with Crippen molar-refractivity contribution in [3.63, 3.8) is 0 Å². The van der Waals surface area contributed by atoms with E-state index in [-0.39, 0.29) is 5.91 Å². The topological polar surface area (TPSA) is 85.1 Å². The van der Waals surface area contributed by atoms with E-state index in [9.17, 15) is 4.79 Å². The molecular formula is C18H16N6OS2. The summed E-state index contributed by atoms with van der Waals surface area (Å²) < 4.78 is 1.73. The van der Waals surface area contributed by atoms with Gasteiger partial charge in [0.2, 0.25) is 5.16 Å². The van der Waals surface area contributed by atoms with E-state index in [1.807, 2.05) is 49.6 Å². The number of carbonyl (C=O) groups is 1. The summed E-state index contributed by atoms with van der Waals surface area (Å²) in [4.78, 5) is 25.5. The normalized spacial score (nSPS) is 11.0. The third kappa shape index (κ3) is 3.83. The molecule has 9 heteroatoms. The molecule has 1 amide bonds. The lowest BCUT2D eigenvalue weighted by atomic mass is 10.1. The molecule has 0 fully saturated rings. The second kappa shape index (κ2) is 7.45. The lowest BCUT2D eigenvalue weighted by Crippen LogP contribution is -2.13. The first kappa shape index (κ1) is 17.6. The van der Waals surface area contributed by atoms with E-state index >= 15 is 0 Å². The molecule has 0 atom stereocenters. The molecule has 0 saturated carbocycles. The van der Waals surface area contributed by atoms with Crippen LogP contribution in [0.15, 0.2) is 47.1 Å². The Balaban J connectivity index is 1.53. The molecule has 7 nitrogen and oxygen atoms in total. The van der Waals surface area contributed by atoms with Gasteiger partial charge in [0.15, 0.2) is 5.13 Å². The molecule has 3 heterocycles. The first-order valence-electron chi connectivity index (χ1n) is 8.23. The number of hydrogen-bond donors (Lipinski definition) is 1. The summed E-state index contributed by atoms with van der Waals surface area (Å²) in [5, 5.41) is 10.4. The number of fused-ring (bicyclic) bond motifs is 1. The summed E-state index contributed by atoms with van der Waals surface area (Å²) in [6, 6.07) is 9.49. The summed E-state index contributed by atoms with van der Waals surface area (Å²) in [6.45, 7) is 3.91. The maximum atomic E-state index is 12.6. The third-order valence-electron chi connectivity index (χ3n) is 3.87. The van der Waals surface area contributed by atoms with Crippen molar-refractivity contribution in [3.05, 3.63) is 64.4 Å². The van der Waals surface area contributed by atoms with Gasteiger partial charge in [-0.1, -0.05) is 30.0 Å². The highest BCUT2D eigenvalue weighted by molar-refractivity contribution is 7.98. The number of nitrogens with one attached hydrogen (secondary N) is 1. The van der Waals surface area contributed by atoms with Crippen LogP contribution in [-0.2, 0) is 5.75 Å². The smallest absolute Gasteiger partial charge is 0.257 e. The van der Waals surface area contributed by atoms with E-state index in [0.717, 1.165) is 17.0 Å². The molecule has 0 unspecified atom stereocenters. The lowest BCUT2D eigenvalue weighted by molar-refractivity contribution is 0.102. The fourth-order valence-electron chi connectivity index (χ4n) is 2.67. The molecule has 4 rings (SSSR count). The van der Waals surface area contributed by atoms with E-state index in [1.165, 1.54) is 23.1 Å². The second-order valence-corrected chi connectivity index (χ2v) is 7.72. The predicted molar refractivity (Wildman–Crippen MR) is 106 cm³/mol. The van der Waals surface area contributed by atoms with Crippen LogP contribution in [0.4, 0.5) is 5.13 Å². The summed E-state index contributed by atoms with van der Waals surface area (Å²) in [5.41, 5.74) is 3.43. The first-order chi connectivity index (χ1) is 13.1. The monoisotopic (exact) mass is 396 g/mol. The molecule has 4 aromatic rings. The first-order valence-corrected chi connectivity index (χ1v) is 10.1. The minimum atomic E-state index is -0.169. The van der Waals surface area contributed by atoms with Crippen LogP contribution in [0.25, 0.3) is 5.78 Å². The van der Waals surface area contributed by atoms with E-state index in [1.54, 1.807) is 10.7 Å². The maximum Gasteiger partial charge on any atom is 0.257 e. The van der Waals surface area contributed by atoms with Crippen molar-refractivity contribution in [2.45, 2.75) is 24.8 Å². The minimum Gasteiger partial charge on any atom is -0.298 e. The van der Waals surface area contributed by atoms with Crippen LogP contribution in [0.3, 0.4) is 0 Å². The Labute approximate surface area is 163 Å². The van der Waals surface area contributed by atoms with Crippen molar-refractivity contribution < 1.29 is 4.79 Å². The van der Waals surface area contributed by atoms with Gasteiger partial charge in [-0.25, -0.2) is 14.5 Å². The van der Waals surface area contributed by atoms with E-state index in [4.69, 9.17) is 0 Å². The van der Waals surface area contributed by atoms with Gasteiger partial charge in [-0.3, -0.25) is 10.1 Å². The molecular weight excluding hydrogens is 380 g/mol. The average molecular weight is 397 g/mol. The highest BCUT2D eigenvalue weighted by atomic mass is 32.2. The Kier molecular flexibility index (Phi) is 4.87. The molecule has 27 heavy (non-hydrogen) atoms. The number of rotatable bonds is 5. The number of anilines is 1. The zero-order chi connectivity index (χ0) is 18.8. The van der Waals surface area contributed by atoms with Gasteiger partial charge in [0.05, 0.1) is 0 Å². The number of hydrogen-bond acceptors (Lipinski definition) is 7. The molecule has 3 aromatic heterocycles. The Bertz CT molecular complexity index is 1110. The van der Waals surface area contributed by atoms with Crippen LogP contribution in [0.2, 0.25) is 0 Å². The van der Waals surface area contributed by atoms with Crippen LogP contribution < -0.4 is 5.32 Å². The van der Waals surface area contributed by atoms with E-state index < -0.39 is 0 Å². The van der Waals surface area contributed by atoms with Crippen LogP contribution in [0, 0.1) is 13.8 Å². The van der Waals surface area contributed by atoms with Gasteiger partial charge in [-0.15, -0.1) is 16.4 Å². The number of thioether (sulfide) groups is 1. The standard InChI is InChI=1S/C18H16N6OS2/c1-11-9-12(2)24-16(20-11)22-18(23-24)27-10-13-5-3-4-6-14(13)15(25)21-17-19-7-8-26-17/h3-9H,10H2,1-2H3,(H,19,21,25). The number of benzene rings is 1. The quantitative estimate of drug-likeness (QED) is 0.517. The maximum absolute atomic E-state index is 12.6. The fourth-order valence-corrected chi connectivity index (χ4v) is 4.01. The summed E-state index contributed by atoms with van der Waals surface area (Å²) in [7, 11) is 0. The van der Waals surface area contributed by atoms with Crippen molar-refractivity contribution in [2.75, 3.05) is 5.32 Å². The second-order valence-electron chi connectivity index (χ2n) is 5.88. The van der Waals surface area contributed by atoms with Crippen molar-refractivity contribution in [2.24, 2.45) is 0 Å². The average Bonchev–Trinajstić information content (AvgIpc) is 3.29. The van der Waals surface area contributed by atoms with Gasteiger partial charge < -0.3 is 0 Å². The number of aryl methyl sites for hydroxylation is 2. The van der Waals surface area contributed by atoms with Gasteiger partial charge in [0, 0.05) is 34.3 Å². The highest BCUT2D eigenvalue weighted by Gasteiger charge is 2.14. The molecule has 0 spiro atoms. The summed E-state index contributed by atoms with van der Waals surface area (Å²) in [6.07, 6.45) is 1.66. The SMILES string of the molecule is Cc1cc(C)n2nc(SCc3ccccc3C(=O)Nc3nccs3)nc2n1. The largest absolute Gasteiger partial charge is 0.298 e. The number of nitrogens with zero attached hydrogens (tertiary/aromatic N) is 5. The molecule has 0 aliphatic rings. The Morgan fingerprint density at radius 1 is 1.26 bits per heavy atom. The number of thiazole rings is 1. The van der Waals surface area contributed by atoms with Crippen LogP contribution in [-0.4, -0.2) is 30.5 Å². The Morgan fingerprint density at radius 3 is 2.93 bits per heavy atom. The van der Waals surface area contributed by atoms with Gasteiger partial charge in [-0.2, -0.15) is 4.98 Å². The van der Waals surface area contributed by atoms with Crippen molar-refractivity contribution in [1.82, 2.24) is 24.6 Å². The van der Waals surface area contributed by atoms with Crippen LogP contribution in [0.1, 0.15) is 27.3 Å². The van der Waals surface area contributed by atoms with E-state index in [0.29, 0.717) is 27.4 Å². The highest BCUT2D eigenvalue weighted by Crippen LogP contribution is 2.23. The van der Waals surface area contributed by atoms with Gasteiger partial charge in [0.25, 0.3) is 11.7 Å². The fraction of sp³-hybridized carbons (Fsp3) is 0.167. The minimum absolute atomic E-state index is 0.169. The van der Waals surface area contributed by atoms with Crippen LogP contribution in [0.5, 0.6) is 0 Å². The predicted octanol–water partition coefficient (Wildman–Crippen LogP) is 3.74. The summed E-state index contributed by atoms with van der Waals surface area (Å²) >= 11 is 2.87. The molecule has 0 bridgehead atoms. The zero-order valence-electron chi connectivity index (χ0n) is 14.7. The molecule has 0 aliphatic carbocycles. The Morgan fingerprint density at radius 2 is 2.11 bits per heavy atom. The van der Waals surface area contributed by atoms with Gasteiger partial charge in [0.1, 0.15) is 0 Å². The number of carbonyl (C=O) groups excluding carboxylic acids is 1. The molecule has 1 aromatic carbocycles. The molecule has 136 valence electrons. The molecule has 0 radical (unpaired) electrons.